The molecule has 1 heterocycles. The Hall–Kier alpha value is -1.92. The standard InChI is InChI=1S/C13H14N4OS/c1-9-7-8-15-13(16-9)19-11(12(18)17-14)10-5-3-2-4-6-10/h2-8,11H,14H2,1H3,(H,17,18). The fourth-order valence-corrected chi connectivity index (χ4v) is 2.56. The second-order valence-electron chi connectivity index (χ2n) is 3.90. The topological polar surface area (TPSA) is 80.9 Å². The van der Waals surface area contributed by atoms with Crippen molar-refractivity contribution in [3.8, 4) is 0 Å². The first-order valence-corrected chi connectivity index (χ1v) is 6.60. The molecule has 0 saturated carbocycles. The molecule has 0 aliphatic heterocycles. The molecule has 0 bridgehead atoms. The summed E-state index contributed by atoms with van der Waals surface area (Å²) >= 11 is 1.27. The fraction of sp³-hybridized carbons (Fsp3) is 0.154. The van der Waals surface area contributed by atoms with E-state index in [1.165, 1.54) is 11.8 Å². The van der Waals surface area contributed by atoms with Gasteiger partial charge in [-0.2, -0.15) is 0 Å². The van der Waals surface area contributed by atoms with E-state index in [4.69, 9.17) is 5.84 Å². The summed E-state index contributed by atoms with van der Waals surface area (Å²) < 4.78 is 0. The maximum Gasteiger partial charge on any atom is 0.251 e. The Morgan fingerprint density at radius 3 is 2.68 bits per heavy atom. The average molecular weight is 274 g/mol. The predicted molar refractivity (Wildman–Crippen MR) is 74.1 cm³/mol. The van der Waals surface area contributed by atoms with Gasteiger partial charge in [0.25, 0.3) is 5.91 Å². The molecule has 1 aromatic carbocycles. The van der Waals surface area contributed by atoms with Crippen LogP contribution in [0.3, 0.4) is 0 Å². The fourth-order valence-electron chi connectivity index (χ4n) is 1.56. The normalized spacial score (nSPS) is 11.9. The summed E-state index contributed by atoms with van der Waals surface area (Å²) in [6, 6.07) is 11.2. The van der Waals surface area contributed by atoms with Gasteiger partial charge in [-0.15, -0.1) is 0 Å². The van der Waals surface area contributed by atoms with Gasteiger partial charge in [-0.3, -0.25) is 10.2 Å². The van der Waals surface area contributed by atoms with E-state index in [2.05, 4.69) is 15.4 Å². The zero-order chi connectivity index (χ0) is 13.7. The number of nitrogens with two attached hydrogens (primary N) is 1. The van der Waals surface area contributed by atoms with Crippen LogP contribution in [0.1, 0.15) is 16.5 Å². The summed E-state index contributed by atoms with van der Waals surface area (Å²) in [6.07, 6.45) is 1.67. The molecular formula is C13H14N4OS. The second-order valence-corrected chi connectivity index (χ2v) is 4.97. The Balaban J connectivity index is 2.27. The van der Waals surface area contributed by atoms with Gasteiger partial charge in [0, 0.05) is 11.9 Å². The third-order valence-electron chi connectivity index (χ3n) is 2.48. The Kier molecular flexibility index (Phi) is 4.48. The molecule has 98 valence electrons. The van der Waals surface area contributed by atoms with Gasteiger partial charge >= 0.3 is 0 Å². The van der Waals surface area contributed by atoms with E-state index in [1.807, 2.05) is 43.3 Å². The van der Waals surface area contributed by atoms with Gasteiger partial charge in [0.1, 0.15) is 5.25 Å². The van der Waals surface area contributed by atoms with Crippen molar-refractivity contribution in [1.29, 1.82) is 0 Å². The lowest BCUT2D eigenvalue weighted by molar-refractivity contribution is -0.120. The minimum Gasteiger partial charge on any atom is -0.293 e. The highest BCUT2D eigenvalue weighted by Crippen LogP contribution is 2.33. The summed E-state index contributed by atoms with van der Waals surface area (Å²) in [5.41, 5.74) is 3.90. The zero-order valence-electron chi connectivity index (χ0n) is 10.4. The van der Waals surface area contributed by atoms with Crippen LogP contribution in [0.25, 0.3) is 0 Å². The number of benzene rings is 1. The van der Waals surface area contributed by atoms with E-state index in [0.717, 1.165) is 11.3 Å². The number of aryl methyl sites for hydroxylation is 1. The smallest absolute Gasteiger partial charge is 0.251 e. The number of thioether (sulfide) groups is 1. The molecule has 0 saturated heterocycles. The largest absolute Gasteiger partial charge is 0.293 e. The van der Waals surface area contributed by atoms with E-state index in [9.17, 15) is 4.79 Å². The molecule has 1 aromatic heterocycles. The highest BCUT2D eigenvalue weighted by molar-refractivity contribution is 8.00. The molecule has 5 nitrogen and oxygen atoms in total. The van der Waals surface area contributed by atoms with Crippen LogP contribution >= 0.6 is 11.8 Å². The summed E-state index contributed by atoms with van der Waals surface area (Å²) in [5, 5.41) is 0.0884. The van der Waals surface area contributed by atoms with Crippen molar-refractivity contribution in [2.75, 3.05) is 0 Å². The Labute approximate surface area is 115 Å². The van der Waals surface area contributed by atoms with E-state index in [1.54, 1.807) is 6.20 Å². The summed E-state index contributed by atoms with van der Waals surface area (Å²) in [6.45, 7) is 1.88. The van der Waals surface area contributed by atoms with Crippen molar-refractivity contribution in [3.63, 3.8) is 0 Å². The summed E-state index contributed by atoms with van der Waals surface area (Å²) in [5.74, 6) is 4.96. The molecule has 6 heteroatoms. The minimum absolute atomic E-state index is 0.277. The Morgan fingerprint density at radius 2 is 2.05 bits per heavy atom. The number of aromatic nitrogens is 2. The van der Waals surface area contributed by atoms with Crippen LogP contribution in [-0.4, -0.2) is 15.9 Å². The molecule has 0 aliphatic rings. The number of nitrogens with zero attached hydrogens (tertiary/aromatic N) is 2. The van der Waals surface area contributed by atoms with Crippen molar-refractivity contribution in [3.05, 3.63) is 53.9 Å². The van der Waals surface area contributed by atoms with E-state index in [0.29, 0.717) is 5.16 Å². The van der Waals surface area contributed by atoms with Gasteiger partial charge in [0.2, 0.25) is 0 Å². The van der Waals surface area contributed by atoms with Crippen molar-refractivity contribution in [2.45, 2.75) is 17.3 Å². The first kappa shape index (κ1) is 13.5. The molecule has 0 spiro atoms. The quantitative estimate of drug-likeness (QED) is 0.291. The minimum atomic E-state index is -0.465. The van der Waals surface area contributed by atoms with Gasteiger partial charge < -0.3 is 0 Å². The summed E-state index contributed by atoms with van der Waals surface area (Å²) in [4.78, 5) is 20.3. The van der Waals surface area contributed by atoms with Crippen LogP contribution in [0, 0.1) is 6.92 Å². The maximum atomic E-state index is 11.9. The van der Waals surface area contributed by atoms with Crippen LogP contribution in [0.5, 0.6) is 0 Å². The highest BCUT2D eigenvalue weighted by Gasteiger charge is 2.22. The van der Waals surface area contributed by atoms with Crippen LogP contribution < -0.4 is 11.3 Å². The van der Waals surface area contributed by atoms with Gasteiger partial charge in [0.15, 0.2) is 5.16 Å². The molecule has 3 N–H and O–H groups in total. The number of hydrogen-bond acceptors (Lipinski definition) is 5. The number of amides is 1. The van der Waals surface area contributed by atoms with Crippen molar-refractivity contribution < 1.29 is 4.79 Å². The predicted octanol–water partition coefficient (Wildman–Crippen LogP) is 1.61. The average Bonchev–Trinajstić information content (AvgIpc) is 2.45. The first-order valence-electron chi connectivity index (χ1n) is 5.72. The first-order chi connectivity index (χ1) is 9.20. The molecule has 19 heavy (non-hydrogen) atoms. The van der Waals surface area contributed by atoms with E-state index >= 15 is 0 Å². The van der Waals surface area contributed by atoms with E-state index < -0.39 is 5.25 Å². The molecular weight excluding hydrogens is 260 g/mol. The van der Waals surface area contributed by atoms with Crippen LogP contribution in [0.2, 0.25) is 0 Å². The maximum absolute atomic E-state index is 11.9. The number of carbonyl (C=O) groups excluding carboxylic acids is 1. The number of rotatable bonds is 4. The number of hydrazine groups is 1. The lowest BCUT2D eigenvalue weighted by Gasteiger charge is -2.14. The third-order valence-corrected chi connectivity index (χ3v) is 3.61. The molecule has 0 aliphatic carbocycles. The van der Waals surface area contributed by atoms with Crippen molar-refractivity contribution in [2.24, 2.45) is 5.84 Å². The SMILES string of the molecule is Cc1ccnc(SC(C(=O)NN)c2ccccc2)n1. The number of carbonyl (C=O) groups is 1. The molecule has 1 amide bonds. The zero-order valence-corrected chi connectivity index (χ0v) is 11.2. The highest BCUT2D eigenvalue weighted by atomic mass is 32.2. The van der Waals surface area contributed by atoms with Crippen molar-refractivity contribution >= 4 is 17.7 Å². The van der Waals surface area contributed by atoms with Crippen LogP contribution in [0.4, 0.5) is 0 Å². The number of hydrogen-bond donors (Lipinski definition) is 2. The molecule has 2 aromatic rings. The molecule has 1 atom stereocenters. The van der Waals surface area contributed by atoms with Crippen LogP contribution in [-0.2, 0) is 4.79 Å². The third kappa shape index (κ3) is 3.52. The monoisotopic (exact) mass is 274 g/mol. The van der Waals surface area contributed by atoms with E-state index in [-0.39, 0.29) is 5.91 Å². The molecule has 1 unspecified atom stereocenters. The van der Waals surface area contributed by atoms with Crippen molar-refractivity contribution in [1.82, 2.24) is 15.4 Å². The van der Waals surface area contributed by atoms with Crippen LogP contribution in [0.15, 0.2) is 47.8 Å². The van der Waals surface area contributed by atoms with Gasteiger partial charge in [-0.1, -0.05) is 42.1 Å². The van der Waals surface area contributed by atoms with Gasteiger partial charge in [0.05, 0.1) is 0 Å². The lowest BCUT2D eigenvalue weighted by atomic mass is 10.1. The second kappa shape index (κ2) is 6.31. The summed E-state index contributed by atoms with van der Waals surface area (Å²) in [7, 11) is 0. The molecule has 0 radical (unpaired) electrons. The lowest BCUT2D eigenvalue weighted by Crippen LogP contribution is -2.33. The molecule has 0 fully saturated rings. The Bertz CT molecular complexity index is 562. The Morgan fingerprint density at radius 1 is 1.32 bits per heavy atom. The van der Waals surface area contributed by atoms with Gasteiger partial charge in [-0.25, -0.2) is 15.8 Å². The number of nitrogens with one attached hydrogen (secondary N) is 1. The van der Waals surface area contributed by atoms with Gasteiger partial charge in [-0.05, 0) is 18.6 Å². The molecule has 2 rings (SSSR count).